The van der Waals surface area contributed by atoms with Crippen LogP contribution in [-0.4, -0.2) is 27.5 Å². The molecule has 0 aliphatic heterocycles. The molecule has 0 atom stereocenters. The molecule has 0 bridgehead atoms. The second-order valence-corrected chi connectivity index (χ2v) is 13.7. The fraction of sp³-hybridized carbons (Fsp3) is 0.0200. The van der Waals surface area contributed by atoms with Gasteiger partial charge in [-0.05, 0) is 40.1 Å². The van der Waals surface area contributed by atoms with Crippen molar-refractivity contribution in [3.63, 3.8) is 0 Å². The normalized spacial score (nSPS) is 13.7. The van der Waals surface area contributed by atoms with E-state index in [1.165, 1.54) is 27.8 Å². The van der Waals surface area contributed by atoms with Crippen LogP contribution in [0.3, 0.4) is 0 Å². The first-order valence-electron chi connectivity index (χ1n) is 18.4. The molecule has 0 saturated heterocycles. The number of hydrogen-bond acceptors (Lipinski definition) is 4. The van der Waals surface area contributed by atoms with Gasteiger partial charge in [-0.1, -0.05) is 188 Å². The van der Waals surface area contributed by atoms with Gasteiger partial charge in [-0.2, -0.15) is 0 Å². The van der Waals surface area contributed by atoms with Crippen molar-refractivity contribution in [2.45, 2.75) is 5.41 Å². The average Bonchev–Trinajstić information content (AvgIpc) is 3.73. The molecule has 0 radical (unpaired) electrons. The number of nitrogens with zero attached hydrogens (tertiary/aromatic N) is 5. The third-order valence-corrected chi connectivity index (χ3v) is 10.7. The molecule has 0 unspecified atom stereocenters. The molecule has 5 heteroatoms. The number of aliphatic imine (C=N–C) groups is 2. The number of amidine groups is 1. The molecule has 1 spiro atoms. The molecule has 0 fully saturated rings. The Hall–Kier alpha value is -7.37. The van der Waals surface area contributed by atoms with Crippen LogP contribution in [0.25, 0.3) is 56.6 Å². The molecule has 5 nitrogen and oxygen atoms in total. The number of allylic oxidation sites excluding steroid dienone is 1. The van der Waals surface area contributed by atoms with Gasteiger partial charge < -0.3 is 0 Å². The lowest BCUT2D eigenvalue weighted by molar-refractivity contribution is 0.842. The summed E-state index contributed by atoms with van der Waals surface area (Å²) in [4.78, 5) is 24.7. The Morgan fingerprint density at radius 3 is 1.25 bits per heavy atom. The third kappa shape index (κ3) is 5.20. The first-order chi connectivity index (χ1) is 27.2. The van der Waals surface area contributed by atoms with Crippen LogP contribution in [0, 0.1) is 0 Å². The van der Waals surface area contributed by atoms with E-state index in [0.29, 0.717) is 23.3 Å². The van der Waals surface area contributed by atoms with Gasteiger partial charge in [0.2, 0.25) is 0 Å². The first-order valence-corrected chi connectivity index (χ1v) is 18.4. The standard InChI is InChI=1S/C50H33N5/c1-51-46(36-29-31-37(32-30-36)49-54-47(34-19-7-3-8-20-34)53-48(55-49)35-21-9-4-10-22-35)52-45-40-25-13-16-28-43(40)50(44(45)33-17-5-2-6-18-33)41-26-14-11-23-38(41)39-24-12-15-27-42(39)50/h2-32H,1H2/b52-46-. The lowest BCUT2D eigenvalue weighted by Crippen LogP contribution is -2.26. The van der Waals surface area contributed by atoms with Crippen molar-refractivity contribution in [3.8, 4) is 45.3 Å². The lowest BCUT2D eigenvalue weighted by Gasteiger charge is -2.32. The molecule has 2 aliphatic carbocycles. The van der Waals surface area contributed by atoms with Crippen molar-refractivity contribution in [3.05, 3.63) is 221 Å². The summed E-state index contributed by atoms with van der Waals surface area (Å²) < 4.78 is 0. The van der Waals surface area contributed by atoms with Crippen molar-refractivity contribution in [2.24, 2.45) is 9.98 Å². The van der Waals surface area contributed by atoms with E-state index in [1.54, 1.807) is 0 Å². The Kier molecular flexibility index (Phi) is 7.77. The van der Waals surface area contributed by atoms with Crippen molar-refractivity contribution < 1.29 is 0 Å². The number of aromatic nitrogens is 3. The fourth-order valence-electron chi connectivity index (χ4n) is 8.34. The number of benzene rings is 7. The summed E-state index contributed by atoms with van der Waals surface area (Å²) in [5.74, 6) is 2.36. The van der Waals surface area contributed by atoms with Crippen LogP contribution >= 0.6 is 0 Å². The fourth-order valence-corrected chi connectivity index (χ4v) is 8.34. The van der Waals surface area contributed by atoms with Crippen LogP contribution in [-0.2, 0) is 5.41 Å². The Labute approximate surface area is 319 Å². The van der Waals surface area contributed by atoms with Gasteiger partial charge in [-0.3, -0.25) is 0 Å². The van der Waals surface area contributed by atoms with E-state index < -0.39 is 5.41 Å². The minimum atomic E-state index is -0.564. The topological polar surface area (TPSA) is 63.4 Å². The highest BCUT2D eigenvalue weighted by molar-refractivity contribution is 6.13. The molecular weight excluding hydrogens is 671 g/mol. The van der Waals surface area contributed by atoms with Crippen LogP contribution in [0.5, 0.6) is 0 Å². The van der Waals surface area contributed by atoms with Gasteiger partial charge in [-0.25, -0.2) is 24.9 Å². The molecule has 258 valence electrons. The summed E-state index contributed by atoms with van der Waals surface area (Å²) in [6, 6.07) is 65.1. The SMILES string of the molecule is C=N/C(=N\C1=C(c2ccccc2)C2(c3ccccc31)c1ccccc1-c1ccccc12)c1ccc(-c2nc(-c3ccccc3)nc(-c3ccccc3)n2)cc1. The first kappa shape index (κ1) is 32.3. The molecule has 2 aliphatic rings. The van der Waals surface area contributed by atoms with Crippen molar-refractivity contribution in [2.75, 3.05) is 0 Å². The van der Waals surface area contributed by atoms with Crippen LogP contribution in [0.4, 0.5) is 0 Å². The van der Waals surface area contributed by atoms with Gasteiger partial charge in [0.25, 0.3) is 0 Å². The van der Waals surface area contributed by atoms with Crippen molar-refractivity contribution in [1.29, 1.82) is 0 Å². The Bertz CT molecular complexity index is 2700. The zero-order valence-electron chi connectivity index (χ0n) is 29.8. The largest absolute Gasteiger partial charge is 0.245 e. The van der Waals surface area contributed by atoms with Gasteiger partial charge in [0.15, 0.2) is 23.3 Å². The van der Waals surface area contributed by atoms with E-state index in [9.17, 15) is 0 Å². The van der Waals surface area contributed by atoms with Gasteiger partial charge in [0.1, 0.15) is 0 Å². The second-order valence-electron chi connectivity index (χ2n) is 13.7. The maximum atomic E-state index is 5.46. The quantitative estimate of drug-likeness (QED) is 0.128. The predicted molar refractivity (Wildman–Crippen MR) is 224 cm³/mol. The summed E-state index contributed by atoms with van der Waals surface area (Å²) in [7, 11) is 0. The number of fused-ring (bicyclic) bond motifs is 7. The highest BCUT2D eigenvalue weighted by atomic mass is 15.0. The summed E-state index contributed by atoms with van der Waals surface area (Å²) in [6.07, 6.45) is 0. The maximum Gasteiger partial charge on any atom is 0.164 e. The smallest absolute Gasteiger partial charge is 0.164 e. The molecule has 8 aromatic rings. The Balaban J connectivity index is 1.14. The van der Waals surface area contributed by atoms with Gasteiger partial charge >= 0.3 is 0 Å². The lowest BCUT2D eigenvalue weighted by atomic mass is 9.68. The van der Waals surface area contributed by atoms with Gasteiger partial charge in [-0.15, -0.1) is 0 Å². The average molecular weight is 704 g/mol. The third-order valence-electron chi connectivity index (χ3n) is 10.7. The zero-order valence-corrected chi connectivity index (χ0v) is 29.8. The van der Waals surface area contributed by atoms with E-state index in [-0.39, 0.29) is 0 Å². The molecule has 7 aromatic carbocycles. The van der Waals surface area contributed by atoms with Gasteiger partial charge in [0.05, 0.1) is 11.1 Å². The van der Waals surface area contributed by atoms with Crippen molar-refractivity contribution in [1.82, 2.24) is 15.0 Å². The maximum absolute atomic E-state index is 5.46. The van der Waals surface area contributed by atoms with E-state index in [2.05, 4.69) is 115 Å². The minimum absolute atomic E-state index is 0.534. The van der Waals surface area contributed by atoms with E-state index in [1.807, 2.05) is 84.9 Å². The molecule has 0 N–H and O–H groups in total. The number of rotatable bonds is 6. The molecule has 0 amide bonds. The molecule has 55 heavy (non-hydrogen) atoms. The van der Waals surface area contributed by atoms with Crippen LogP contribution in [0.15, 0.2) is 198 Å². The highest BCUT2D eigenvalue weighted by Gasteiger charge is 2.53. The van der Waals surface area contributed by atoms with Crippen LogP contribution in [0.1, 0.15) is 33.4 Å². The minimum Gasteiger partial charge on any atom is -0.245 e. The van der Waals surface area contributed by atoms with E-state index in [0.717, 1.165) is 44.7 Å². The van der Waals surface area contributed by atoms with Gasteiger partial charge in [0, 0.05) is 33.4 Å². The second kappa shape index (κ2) is 13.2. The van der Waals surface area contributed by atoms with E-state index in [4.69, 9.17) is 19.9 Å². The summed E-state index contributed by atoms with van der Waals surface area (Å²) in [6.45, 7) is 4.03. The van der Waals surface area contributed by atoms with E-state index >= 15 is 0 Å². The van der Waals surface area contributed by atoms with Crippen molar-refractivity contribution >= 4 is 23.8 Å². The molecule has 10 rings (SSSR count). The molecule has 1 heterocycles. The molecular formula is C50H33N5. The molecule has 1 aromatic heterocycles. The van der Waals surface area contributed by atoms with Crippen LogP contribution in [0.2, 0.25) is 0 Å². The number of hydrogen-bond donors (Lipinski definition) is 0. The zero-order chi connectivity index (χ0) is 36.8. The summed E-state index contributed by atoms with van der Waals surface area (Å²) in [5, 5.41) is 0. The Morgan fingerprint density at radius 1 is 0.400 bits per heavy atom. The summed E-state index contributed by atoms with van der Waals surface area (Å²) in [5.41, 5.74) is 13.4. The summed E-state index contributed by atoms with van der Waals surface area (Å²) >= 11 is 0. The highest BCUT2D eigenvalue weighted by Crippen LogP contribution is 2.64. The predicted octanol–water partition coefficient (Wildman–Crippen LogP) is 11.2. The Morgan fingerprint density at radius 2 is 0.782 bits per heavy atom. The molecule has 0 saturated carbocycles. The van der Waals surface area contributed by atoms with Crippen LogP contribution < -0.4 is 0 Å². The monoisotopic (exact) mass is 703 g/mol.